The van der Waals surface area contributed by atoms with Crippen molar-refractivity contribution in [1.82, 2.24) is 0 Å². The van der Waals surface area contributed by atoms with E-state index in [1.807, 2.05) is 30.3 Å². The van der Waals surface area contributed by atoms with E-state index in [-0.39, 0.29) is 0 Å². The first-order valence-corrected chi connectivity index (χ1v) is 18.9. The number of nitrogens with zero attached hydrogens (tertiary/aromatic N) is 1. The molecular formula is C52H31NO3. The molecule has 0 spiro atoms. The molecule has 3 aromatic heterocycles. The van der Waals surface area contributed by atoms with Crippen LogP contribution in [0.5, 0.6) is 0 Å². The smallest absolute Gasteiger partial charge is 0.159 e. The van der Waals surface area contributed by atoms with Crippen LogP contribution in [0.4, 0.5) is 17.1 Å². The number of benzene rings is 9. The summed E-state index contributed by atoms with van der Waals surface area (Å²) < 4.78 is 20.6. The topological polar surface area (TPSA) is 42.7 Å². The van der Waals surface area contributed by atoms with Crippen molar-refractivity contribution in [2.45, 2.75) is 0 Å². The van der Waals surface area contributed by atoms with Crippen LogP contribution in [0.15, 0.2) is 201 Å². The van der Waals surface area contributed by atoms with Crippen molar-refractivity contribution < 1.29 is 13.3 Å². The van der Waals surface area contributed by atoms with Crippen molar-refractivity contribution in [3.05, 3.63) is 188 Å². The van der Waals surface area contributed by atoms with Gasteiger partial charge in [0, 0.05) is 49.1 Å². The van der Waals surface area contributed by atoms with Gasteiger partial charge in [-0.15, -0.1) is 0 Å². The van der Waals surface area contributed by atoms with E-state index in [4.69, 9.17) is 13.3 Å². The van der Waals surface area contributed by atoms with Gasteiger partial charge in [-0.3, -0.25) is 0 Å². The molecule has 0 fully saturated rings. The summed E-state index contributed by atoms with van der Waals surface area (Å²) in [5.41, 5.74) is 12.2. The second kappa shape index (κ2) is 12.0. The molecule has 0 bridgehead atoms. The van der Waals surface area contributed by atoms with E-state index in [0.717, 1.165) is 110 Å². The van der Waals surface area contributed by atoms with Crippen molar-refractivity contribution in [3.63, 3.8) is 0 Å². The molecule has 3 heterocycles. The van der Waals surface area contributed by atoms with Crippen LogP contribution in [0, 0.1) is 0 Å². The molecule has 4 heteroatoms. The van der Waals surface area contributed by atoms with Crippen molar-refractivity contribution in [3.8, 4) is 22.3 Å². The zero-order chi connectivity index (χ0) is 36.7. The van der Waals surface area contributed by atoms with Gasteiger partial charge in [0.15, 0.2) is 11.2 Å². The molecule has 56 heavy (non-hydrogen) atoms. The van der Waals surface area contributed by atoms with Crippen molar-refractivity contribution in [1.29, 1.82) is 0 Å². The summed E-state index contributed by atoms with van der Waals surface area (Å²) in [6.07, 6.45) is 0. The number of hydrogen-bond donors (Lipinski definition) is 0. The molecule has 0 saturated heterocycles. The van der Waals surface area contributed by atoms with Gasteiger partial charge in [-0.05, 0) is 64.4 Å². The van der Waals surface area contributed by atoms with E-state index < -0.39 is 0 Å². The lowest BCUT2D eigenvalue weighted by Gasteiger charge is -2.25. The second-order valence-corrected chi connectivity index (χ2v) is 14.4. The van der Waals surface area contributed by atoms with Crippen molar-refractivity contribution in [2.75, 3.05) is 4.90 Å². The molecule has 0 saturated carbocycles. The molecule has 0 amide bonds. The maximum absolute atomic E-state index is 7.27. The van der Waals surface area contributed by atoms with Gasteiger partial charge in [-0.1, -0.05) is 146 Å². The van der Waals surface area contributed by atoms with Gasteiger partial charge in [0.1, 0.15) is 22.3 Å². The van der Waals surface area contributed by atoms with E-state index in [1.165, 1.54) is 5.56 Å². The minimum Gasteiger partial charge on any atom is -0.455 e. The van der Waals surface area contributed by atoms with Crippen LogP contribution in [0.25, 0.3) is 98.8 Å². The van der Waals surface area contributed by atoms with Crippen LogP contribution in [-0.2, 0) is 0 Å². The molecule has 9 aromatic carbocycles. The molecular weight excluding hydrogens is 687 g/mol. The highest BCUT2D eigenvalue weighted by atomic mass is 16.3. The second-order valence-electron chi connectivity index (χ2n) is 14.4. The van der Waals surface area contributed by atoms with E-state index in [0.29, 0.717) is 0 Å². The van der Waals surface area contributed by atoms with Gasteiger partial charge in [-0.2, -0.15) is 0 Å². The fourth-order valence-corrected chi connectivity index (χ4v) is 8.72. The number of hydrogen-bond acceptors (Lipinski definition) is 4. The Hall–Kier alpha value is -7.56. The Labute approximate surface area is 321 Å². The third kappa shape index (κ3) is 4.53. The summed E-state index contributed by atoms with van der Waals surface area (Å²) in [7, 11) is 0. The van der Waals surface area contributed by atoms with Crippen LogP contribution in [0.1, 0.15) is 0 Å². The molecule has 12 rings (SSSR count). The number of furan rings is 3. The molecule has 0 aliphatic rings. The summed E-state index contributed by atoms with van der Waals surface area (Å²) in [6, 6.07) is 65.8. The molecule has 0 aliphatic heterocycles. The molecule has 0 unspecified atom stereocenters. The predicted octanol–water partition coefficient (Wildman–Crippen LogP) is 15.3. The average Bonchev–Trinajstić information content (AvgIpc) is 3.96. The zero-order valence-corrected chi connectivity index (χ0v) is 30.1. The molecule has 12 aromatic rings. The summed E-state index contributed by atoms with van der Waals surface area (Å²) in [5, 5.41) is 8.65. The lowest BCUT2D eigenvalue weighted by atomic mass is 9.94. The van der Waals surface area contributed by atoms with E-state index in [2.05, 4.69) is 163 Å². The SMILES string of the molecule is c1ccc(-c2ccc(N(c3cccc4c3oc3ccccc34)c3cccc4c3oc3c(-c5cccc6c5oc5ccccc56)c5ccccc5cc34)cc2)cc1. The standard InChI is InChI=1S/C52H31NO3/c1-2-13-32(14-3-1)33-27-29-35(30-28-33)53(44-23-11-20-40-38-18-7-9-26-47(38)55-50(40)44)45-24-12-21-41-43-31-34-15-4-5-16-36(34)48(52(43)56-51(41)45)42-22-10-19-39-37-17-6-8-25-46(37)54-49(39)42/h1-31H. The van der Waals surface area contributed by atoms with Crippen LogP contribution in [0.3, 0.4) is 0 Å². The van der Waals surface area contributed by atoms with Gasteiger partial charge >= 0.3 is 0 Å². The molecule has 0 N–H and O–H groups in total. The number of anilines is 3. The van der Waals surface area contributed by atoms with Gasteiger partial charge < -0.3 is 18.2 Å². The first-order valence-electron chi connectivity index (χ1n) is 18.9. The lowest BCUT2D eigenvalue weighted by Crippen LogP contribution is -2.10. The molecule has 0 atom stereocenters. The van der Waals surface area contributed by atoms with Gasteiger partial charge in [0.05, 0.1) is 11.4 Å². The molecule has 262 valence electrons. The maximum atomic E-state index is 7.27. The Morgan fingerprint density at radius 2 is 0.839 bits per heavy atom. The number of fused-ring (bicyclic) bond motifs is 10. The Kier molecular flexibility index (Phi) is 6.60. The lowest BCUT2D eigenvalue weighted by molar-refractivity contribution is 0.664. The highest BCUT2D eigenvalue weighted by Gasteiger charge is 2.26. The first kappa shape index (κ1) is 30.9. The fraction of sp³-hybridized carbons (Fsp3) is 0. The van der Waals surface area contributed by atoms with E-state index in [9.17, 15) is 0 Å². The minimum atomic E-state index is 0.788. The van der Waals surface area contributed by atoms with Crippen LogP contribution < -0.4 is 4.90 Å². The quantitative estimate of drug-likeness (QED) is 0.178. The van der Waals surface area contributed by atoms with Gasteiger partial charge in [-0.25, -0.2) is 0 Å². The molecule has 0 aliphatic carbocycles. The third-order valence-corrected chi connectivity index (χ3v) is 11.3. The minimum absolute atomic E-state index is 0.788. The number of rotatable bonds is 5. The average molecular weight is 718 g/mol. The third-order valence-electron chi connectivity index (χ3n) is 11.3. The zero-order valence-electron chi connectivity index (χ0n) is 30.1. The van der Waals surface area contributed by atoms with Crippen LogP contribution in [0.2, 0.25) is 0 Å². The van der Waals surface area contributed by atoms with Crippen LogP contribution >= 0.6 is 0 Å². The Bertz CT molecular complexity index is 3480. The predicted molar refractivity (Wildman–Crippen MR) is 231 cm³/mol. The maximum Gasteiger partial charge on any atom is 0.159 e. The highest BCUT2D eigenvalue weighted by molar-refractivity contribution is 6.23. The van der Waals surface area contributed by atoms with E-state index >= 15 is 0 Å². The van der Waals surface area contributed by atoms with Crippen molar-refractivity contribution >= 4 is 93.7 Å². The summed E-state index contributed by atoms with van der Waals surface area (Å²) >= 11 is 0. The monoisotopic (exact) mass is 717 g/mol. The molecule has 4 nitrogen and oxygen atoms in total. The van der Waals surface area contributed by atoms with Gasteiger partial charge in [0.25, 0.3) is 0 Å². The Morgan fingerprint density at radius 3 is 1.55 bits per heavy atom. The number of para-hydroxylation sites is 5. The largest absolute Gasteiger partial charge is 0.455 e. The van der Waals surface area contributed by atoms with Crippen molar-refractivity contribution in [2.24, 2.45) is 0 Å². The van der Waals surface area contributed by atoms with Gasteiger partial charge in [0.2, 0.25) is 0 Å². The van der Waals surface area contributed by atoms with E-state index in [1.54, 1.807) is 0 Å². The fourth-order valence-electron chi connectivity index (χ4n) is 8.72. The first-order chi connectivity index (χ1) is 27.8. The Balaban J connectivity index is 1.15. The summed E-state index contributed by atoms with van der Waals surface area (Å²) in [5.74, 6) is 0. The van der Waals surface area contributed by atoms with Crippen LogP contribution in [-0.4, -0.2) is 0 Å². The highest BCUT2D eigenvalue weighted by Crippen LogP contribution is 2.49. The normalized spacial score (nSPS) is 11.9. The molecule has 0 radical (unpaired) electrons. The Morgan fingerprint density at radius 1 is 0.321 bits per heavy atom. The summed E-state index contributed by atoms with van der Waals surface area (Å²) in [6.45, 7) is 0. The summed E-state index contributed by atoms with van der Waals surface area (Å²) in [4.78, 5) is 2.28.